The highest BCUT2D eigenvalue weighted by Gasteiger charge is 2.23. The van der Waals surface area contributed by atoms with E-state index in [4.69, 9.17) is 14.4 Å². The minimum absolute atomic E-state index is 0.778. The molecule has 5 nitrogen and oxygen atoms in total. The number of aromatic nitrogens is 4. The van der Waals surface area contributed by atoms with Gasteiger partial charge in [0.15, 0.2) is 0 Å². The number of rotatable bonds is 3. The maximum absolute atomic E-state index is 6.45. The van der Waals surface area contributed by atoms with Crippen LogP contribution in [0.4, 0.5) is 0 Å². The number of para-hydroxylation sites is 4. The van der Waals surface area contributed by atoms with Crippen molar-refractivity contribution in [2.45, 2.75) is 19.6 Å². The van der Waals surface area contributed by atoms with Crippen LogP contribution in [0.1, 0.15) is 5.56 Å². The van der Waals surface area contributed by atoms with E-state index in [1.54, 1.807) is 6.20 Å². The van der Waals surface area contributed by atoms with Gasteiger partial charge >= 0.3 is 0 Å². The van der Waals surface area contributed by atoms with Gasteiger partial charge < -0.3 is 8.98 Å². The minimum atomic E-state index is -1.82. The zero-order chi connectivity index (χ0) is 35.0. The molecule has 0 saturated carbocycles. The molecule has 0 saturated heterocycles. The quantitative estimate of drug-likeness (QED) is 0.137. The summed E-state index contributed by atoms with van der Waals surface area (Å²) in [5.41, 5.74) is 14.7. The number of furan rings is 1. The van der Waals surface area contributed by atoms with Gasteiger partial charge in [0.1, 0.15) is 19.2 Å². The second-order valence-corrected chi connectivity index (χ2v) is 19.1. The molecule has 4 heterocycles. The lowest BCUT2D eigenvalue weighted by atomic mass is 9.98. The fraction of sp³-hybridized carbons (Fsp3) is 0.0652. The van der Waals surface area contributed by atoms with Gasteiger partial charge in [0.25, 0.3) is 0 Å². The van der Waals surface area contributed by atoms with Crippen LogP contribution >= 0.6 is 0 Å². The van der Waals surface area contributed by atoms with Crippen molar-refractivity contribution in [1.82, 2.24) is 19.5 Å². The van der Waals surface area contributed by atoms with Crippen LogP contribution in [0.25, 0.3) is 93.8 Å². The van der Waals surface area contributed by atoms with Gasteiger partial charge in [0.05, 0.1) is 44.7 Å². The van der Waals surface area contributed by atoms with E-state index in [1.807, 2.05) is 54.7 Å². The van der Waals surface area contributed by atoms with E-state index in [2.05, 4.69) is 120 Å². The molecule has 4 aromatic heterocycles. The first kappa shape index (κ1) is 30.3. The molecule has 52 heavy (non-hydrogen) atoms. The summed E-state index contributed by atoms with van der Waals surface area (Å²) >= 11 is 0. The van der Waals surface area contributed by atoms with Gasteiger partial charge in [0, 0.05) is 50.5 Å². The lowest BCUT2D eigenvalue weighted by Gasteiger charge is -2.17. The summed E-state index contributed by atoms with van der Waals surface area (Å²) in [6, 6.07) is 44.4. The van der Waals surface area contributed by atoms with Crippen molar-refractivity contribution in [3.63, 3.8) is 0 Å². The molecule has 0 aliphatic heterocycles. The average molecular weight is 685 g/mol. The number of hydrogen-bond donors (Lipinski definition) is 0. The molecular formula is C46H32N4OSi. The number of pyridine rings is 1. The zero-order valence-corrected chi connectivity index (χ0v) is 30.0. The zero-order valence-electron chi connectivity index (χ0n) is 29.0. The molecule has 0 spiro atoms. The van der Waals surface area contributed by atoms with Crippen LogP contribution < -0.4 is 0 Å². The van der Waals surface area contributed by atoms with E-state index in [-0.39, 0.29) is 0 Å². The van der Waals surface area contributed by atoms with Crippen molar-refractivity contribution in [2.24, 2.45) is 0 Å². The van der Waals surface area contributed by atoms with Crippen molar-refractivity contribution in [1.29, 1.82) is 0 Å². The molecule has 0 N–H and O–H groups in total. The number of hydrogen-bond acceptors (Lipinski definition) is 4. The average Bonchev–Trinajstić information content (AvgIpc) is 3.71. The molecule has 0 amide bonds. The standard InChI is InChI=1S/C46H32N4OSi/c1-52(2,3)25-23-32-34(45-44(30-12-11-24-47-28-30)48-38-16-6-7-17-39(38)49-45)15-10-19-41(32)50-40-18-8-4-13-31(40)35-22-21-29-26-37-33-14-5-9-20-42(33)51-43(37)27-36(29)46(35)50/h4-22,24,26-28H,1-3H3. The first-order chi connectivity index (χ1) is 25.4. The maximum Gasteiger partial charge on any atom is 0.136 e. The Morgan fingerprint density at radius 2 is 1.38 bits per heavy atom. The summed E-state index contributed by atoms with van der Waals surface area (Å²) in [5, 5.41) is 6.87. The molecule has 0 aliphatic rings. The predicted molar refractivity (Wildman–Crippen MR) is 218 cm³/mol. The molecule has 0 bridgehead atoms. The number of nitrogens with zero attached hydrogens (tertiary/aromatic N) is 4. The largest absolute Gasteiger partial charge is 0.456 e. The maximum atomic E-state index is 6.45. The molecule has 0 unspecified atom stereocenters. The lowest BCUT2D eigenvalue weighted by molar-refractivity contribution is 0.669. The topological polar surface area (TPSA) is 56.7 Å². The van der Waals surface area contributed by atoms with E-state index >= 15 is 0 Å². The molecule has 246 valence electrons. The minimum Gasteiger partial charge on any atom is -0.456 e. The fourth-order valence-corrected chi connectivity index (χ4v) is 7.95. The summed E-state index contributed by atoms with van der Waals surface area (Å²) in [6.45, 7) is 6.85. The van der Waals surface area contributed by atoms with Crippen LogP contribution in [0.3, 0.4) is 0 Å². The normalized spacial score (nSPS) is 12.0. The van der Waals surface area contributed by atoms with E-state index in [9.17, 15) is 0 Å². The Labute approximate surface area is 301 Å². The van der Waals surface area contributed by atoms with E-state index in [0.717, 1.165) is 88.5 Å². The van der Waals surface area contributed by atoms with Crippen molar-refractivity contribution in [2.75, 3.05) is 0 Å². The molecule has 10 rings (SSSR count). The van der Waals surface area contributed by atoms with Crippen LogP contribution in [0.5, 0.6) is 0 Å². The van der Waals surface area contributed by atoms with Gasteiger partial charge in [-0.15, -0.1) is 5.54 Å². The van der Waals surface area contributed by atoms with E-state index in [0.29, 0.717) is 0 Å². The highest BCUT2D eigenvalue weighted by molar-refractivity contribution is 6.83. The summed E-state index contributed by atoms with van der Waals surface area (Å²) in [7, 11) is -1.82. The summed E-state index contributed by atoms with van der Waals surface area (Å²) in [5.74, 6) is 3.75. The summed E-state index contributed by atoms with van der Waals surface area (Å²) < 4.78 is 8.85. The number of benzene rings is 6. The van der Waals surface area contributed by atoms with Crippen LogP contribution in [-0.4, -0.2) is 27.6 Å². The van der Waals surface area contributed by atoms with E-state index < -0.39 is 8.07 Å². The highest BCUT2D eigenvalue weighted by Crippen LogP contribution is 2.42. The highest BCUT2D eigenvalue weighted by atomic mass is 28.3. The molecule has 0 fully saturated rings. The third-order valence-corrected chi connectivity index (χ3v) is 10.6. The van der Waals surface area contributed by atoms with Crippen LogP contribution in [-0.2, 0) is 0 Å². The summed E-state index contributed by atoms with van der Waals surface area (Å²) in [6.07, 6.45) is 3.65. The van der Waals surface area contributed by atoms with Gasteiger partial charge in [0.2, 0.25) is 0 Å². The van der Waals surface area contributed by atoms with Gasteiger partial charge in [-0.3, -0.25) is 4.98 Å². The Bertz CT molecular complexity index is 3120. The van der Waals surface area contributed by atoms with Crippen LogP contribution in [0.15, 0.2) is 144 Å². The first-order valence-electron chi connectivity index (χ1n) is 17.5. The van der Waals surface area contributed by atoms with Crippen LogP contribution in [0, 0.1) is 11.5 Å². The molecule has 10 aromatic rings. The van der Waals surface area contributed by atoms with Crippen molar-refractivity contribution in [3.8, 4) is 39.7 Å². The molecule has 0 atom stereocenters. The monoisotopic (exact) mass is 684 g/mol. The lowest BCUT2D eigenvalue weighted by Crippen LogP contribution is -2.16. The Hall–Kier alpha value is -6.55. The molecule has 6 aromatic carbocycles. The third-order valence-electron chi connectivity index (χ3n) is 9.75. The van der Waals surface area contributed by atoms with Crippen molar-refractivity contribution >= 4 is 73.6 Å². The molecule has 0 aliphatic carbocycles. The van der Waals surface area contributed by atoms with Gasteiger partial charge in [-0.2, -0.15) is 0 Å². The second kappa shape index (κ2) is 11.5. The van der Waals surface area contributed by atoms with Gasteiger partial charge in [-0.25, -0.2) is 9.97 Å². The Morgan fingerprint density at radius 3 is 2.19 bits per heavy atom. The van der Waals surface area contributed by atoms with Crippen molar-refractivity contribution in [3.05, 3.63) is 145 Å². The smallest absolute Gasteiger partial charge is 0.136 e. The van der Waals surface area contributed by atoms with Gasteiger partial charge in [-0.1, -0.05) is 98.4 Å². The molecule has 0 radical (unpaired) electrons. The number of fused-ring (bicyclic) bond motifs is 9. The molecule has 6 heteroatoms. The van der Waals surface area contributed by atoms with Crippen LogP contribution in [0.2, 0.25) is 19.6 Å². The fourth-order valence-electron chi connectivity index (χ4n) is 7.45. The second-order valence-electron chi connectivity index (χ2n) is 14.3. The predicted octanol–water partition coefficient (Wildman–Crippen LogP) is 11.7. The van der Waals surface area contributed by atoms with Gasteiger partial charge in [-0.05, 0) is 60.0 Å². The van der Waals surface area contributed by atoms with Crippen molar-refractivity contribution < 1.29 is 4.42 Å². The Balaban J connectivity index is 1.34. The SMILES string of the molecule is C[Si](C)(C)C#Cc1c(-c2nc3ccccc3nc2-c2cccnc2)cccc1-n1c2ccccc2c2ccc3cc4c(cc3c21)oc1ccccc14. The third kappa shape index (κ3) is 4.82. The molecular weight excluding hydrogens is 653 g/mol. The Morgan fingerprint density at radius 1 is 0.615 bits per heavy atom. The first-order valence-corrected chi connectivity index (χ1v) is 21.0. The summed E-state index contributed by atoms with van der Waals surface area (Å²) in [4.78, 5) is 15.0. The Kier molecular flexibility index (Phi) is 6.69. The van der Waals surface area contributed by atoms with E-state index in [1.165, 1.54) is 10.8 Å².